The van der Waals surface area contributed by atoms with Crippen molar-refractivity contribution in [2.75, 3.05) is 12.4 Å². The number of amides is 2. The number of nitrogens with one attached hydrogen (secondary N) is 2. The molecule has 0 aromatic heterocycles. The van der Waals surface area contributed by atoms with Crippen molar-refractivity contribution in [1.29, 1.82) is 0 Å². The molecule has 2 aromatic carbocycles. The molecule has 1 aliphatic rings. The van der Waals surface area contributed by atoms with Crippen molar-refractivity contribution < 1.29 is 14.3 Å². The minimum atomic E-state index is -0.532. The third kappa shape index (κ3) is 5.92. The average Bonchev–Trinajstić information content (AvgIpc) is 3.00. The van der Waals surface area contributed by atoms with Crippen molar-refractivity contribution in [1.82, 2.24) is 5.32 Å². The van der Waals surface area contributed by atoms with Crippen LogP contribution in [0.2, 0.25) is 0 Å². The summed E-state index contributed by atoms with van der Waals surface area (Å²) in [5.41, 5.74) is 3.72. The molecule has 7 nitrogen and oxygen atoms in total. The highest BCUT2D eigenvalue weighted by Crippen LogP contribution is 2.23. The van der Waals surface area contributed by atoms with E-state index in [-0.39, 0.29) is 18.2 Å². The van der Waals surface area contributed by atoms with Crippen molar-refractivity contribution in [2.24, 2.45) is 10.2 Å². The van der Waals surface area contributed by atoms with Gasteiger partial charge in [-0.3, -0.25) is 9.59 Å². The lowest BCUT2D eigenvalue weighted by atomic mass is 10.1. The number of methoxy groups -OCH3 is 1. The van der Waals surface area contributed by atoms with Gasteiger partial charge in [0.2, 0.25) is 11.8 Å². The predicted octanol–water partition coefficient (Wildman–Crippen LogP) is 3.26. The van der Waals surface area contributed by atoms with Gasteiger partial charge in [-0.25, -0.2) is 0 Å². The first-order chi connectivity index (χ1) is 13.9. The van der Waals surface area contributed by atoms with Crippen LogP contribution in [-0.2, 0) is 9.59 Å². The van der Waals surface area contributed by atoms with Crippen LogP contribution in [0.1, 0.15) is 23.1 Å². The van der Waals surface area contributed by atoms with Gasteiger partial charge in [0.1, 0.15) is 11.0 Å². The highest BCUT2D eigenvalue weighted by atomic mass is 32.2. The van der Waals surface area contributed by atoms with Gasteiger partial charge >= 0.3 is 0 Å². The van der Waals surface area contributed by atoms with Crippen molar-refractivity contribution in [3.63, 3.8) is 0 Å². The topological polar surface area (TPSA) is 92.2 Å². The number of ether oxygens (including phenoxy) is 1. The number of aryl methyl sites for hydroxylation is 2. The Morgan fingerprint density at radius 3 is 2.55 bits per heavy atom. The number of carbonyl (C=O) groups is 2. The standard InChI is InChI=1S/C21H22N4O3S/c1-13-8-14(2)10-16(9-13)23-19(26)11-18-20(27)24-21(29-18)25-22-12-15-4-6-17(28-3)7-5-15/h4-10,12,18H,11H2,1-3H3,(H,23,26)(H,24,25,27). The van der Waals surface area contributed by atoms with E-state index < -0.39 is 5.25 Å². The molecule has 8 heteroatoms. The maximum atomic E-state index is 12.3. The number of rotatable bonds is 6. The third-order valence-corrected chi connectivity index (χ3v) is 5.20. The molecule has 0 bridgehead atoms. The van der Waals surface area contributed by atoms with Gasteiger partial charge in [-0.15, -0.1) is 5.10 Å². The van der Waals surface area contributed by atoms with Crippen LogP contribution < -0.4 is 15.4 Å². The lowest BCUT2D eigenvalue weighted by Gasteiger charge is -2.09. The fraction of sp³-hybridized carbons (Fsp3) is 0.238. The predicted molar refractivity (Wildman–Crippen MR) is 117 cm³/mol. The number of nitrogens with zero attached hydrogens (tertiary/aromatic N) is 2. The normalized spacial score (nSPS) is 17.6. The summed E-state index contributed by atoms with van der Waals surface area (Å²) in [6.45, 7) is 3.94. The average molecular weight is 410 g/mol. The second-order valence-corrected chi connectivity index (χ2v) is 7.84. The monoisotopic (exact) mass is 410 g/mol. The van der Waals surface area contributed by atoms with Crippen LogP contribution in [0, 0.1) is 13.8 Å². The second kappa shape index (κ2) is 9.38. The van der Waals surface area contributed by atoms with E-state index in [1.807, 2.05) is 56.3 Å². The van der Waals surface area contributed by atoms with Crippen molar-refractivity contribution in [2.45, 2.75) is 25.5 Å². The molecule has 3 rings (SSSR count). The zero-order valence-corrected chi connectivity index (χ0v) is 17.2. The Hall–Kier alpha value is -3.13. The van der Waals surface area contributed by atoms with E-state index in [0.29, 0.717) is 5.17 Å². The van der Waals surface area contributed by atoms with Crippen molar-refractivity contribution >= 4 is 40.6 Å². The SMILES string of the molecule is COc1ccc(C=N/N=C2\NC(=O)C(CC(=O)Nc3cc(C)cc(C)c3)S2)cc1. The number of anilines is 1. The Labute approximate surface area is 173 Å². The maximum Gasteiger partial charge on any atom is 0.240 e. The summed E-state index contributed by atoms with van der Waals surface area (Å²) in [6.07, 6.45) is 1.64. The first-order valence-electron chi connectivity index (χ1n) is 9.03. The van der Waals surface area contributed by atoms with E-state index in [0.717, 1.165) is 28.1 Å². The number of amidine groups is 1. The van der Waals surface area contributed by atoms with Crippen molar-refractivity contribution in [3.8, 4) is 5.75 Å². The molecule has 1 saturated heterocycles. The molecule has 150 valence electrons. The lowest BCUT2D eigenvalue weighted by molar-refractivity contribution is -0.122. The molecule has 1 aliphatic heterocycles. The summed E-state index contributed by atoms with van der Waals surface area (Å²) < 4.78 is 5.10. The highest BCUT2D eigenvalue weighted by molar-refractivity contribution is 8.15. The Morgan fingerprint density at radius 2 is 1.90 bits per heavy atom. The van der Waals surface area contributed by atoms with Gasteiger partial charge < -0.3 is 15.4 Å². The minimum Gasteiger partial charge on any atom is -0.497 e. The van der Waals surface area contributed by atoms with E-state index in [1.54, 1.807) is 13.3 Å². The minimum absolute atomic E-state index is 0.0602. The van der Waals surface area contributed by atoms with Gasteiger partial charge in [0.25, 0.3) is 0 Å². The summed E-state index contributed by atoms with van der Waals surface area (Å²) in [5.74, 6) is 0.295. The van der Waals surface area contributed by atoms with Gasteiger partial charge in [-0.05, 0) is 66.9 Å². The van der Waals surface area contributed by atoms with Gasteiger partial charge in [-0.1, -0.05) is 17.8 Å². The fourth-order valence-electron chi connectivity index (χ4n) is 2.85. The van der Waals surface area contributed by atoms with Gasteiger partial charge in [0, 0.05) is 12.1 Å². The zero-order valence-electron chi connectivity index (χ0n) is 16.4. The Kier molecular flexibility index (Phi) is 6.66. The smallest absolute Gasteiger partial charge is 0.240 e. The molecule has 1 fully saturated rings. The van der Waals surface area contributed by atoms with Crippen LogP contribution in [-0.4, -0.2) is 35.6 Å². The summed E-state index contributed by atoms with van der Waals surface area (Å²) in [7, 11) is 1.60. The van der Waals surface area contributed by atoms with E-state index in [2.05, 4.69) is 20.8 Å². The molecule has 0 radical (unpaired) electrons. The zero-order chi connectivity index (χ0) is 20.8. The van der Waals surface area contributed by atoms with Crippen LogP contribution in [0.25, 0.3) is 0 Å². The molecule has 2 N–H and O–H groups in total. The number of thioether (sulfide) groups is 1. The molecule has 1 heterocycles. The number of carbonyl (C=O) groups excluding carboxylic acids is 2. The van der Waals surface area contributed by atoms with Gasteiger partial charge in [-0.2, -0.15) is 5.10 Å². The first kappa shape index (κ1) is 20.6. The second-order valence-electron chi connectivity index (χ2n) is 6.65. The Bertz CT molecular complexity index is 950. The largest absolute Gasteiger partial charge is 0.497 e. The first-order valence-corrected chi connectivity index (χ1v) is 9.91. The van der Waals surface area contributed by atoms with E-state index in [9.17, 15) is 9.59 Å². The molecule has 1 atom stereocenters. The lowest BCUT2D eigenvalue weighted by Crippen LogP contribution is -2.28. The quantitative estimate of drug-likeness (QED) is 0.565. The molecule has 0 aliphatic carbocycles. The molecule has 2 aromatic rings. The number of hydrogen-bond donors (Lipinski definition) is 2. The van der Waals surface area contributed by atoms with Gasteiger partial charge in [0.15, 0.2) is 5.17 Å². The summed E-state index contributed by atoms with van der Waals surface area (Å²) in [4.78, 5) is 24.4. The van der Waals surface area contributed by atoms with Crippen LogP contribution in [0.3, 0.4) is 0 Å². The van der Waals surface area contributed by atoms with Crippen LogP contribution >= 0.6 is 11.8 Å². The number of hydrogen-bond acceptors (Lipinski definition) is 6. The van der Waals surface area contributed by atoms with E-state index in [1.165, 1.54) is 11.8 Å². The highest BCUT2D eigenvalue weighted by Gasteiger charge is 2.32. The van der Waals surface area contributed by atoms with Crippen LogP contribution in [0.15, 0.2) is 52.7 Å². The van der Waals surface area contributed by atoms with E-state index in [4.69, 9.17) is 4.74 Å². The molecule has 1 unspecified atom stereocenters. The Morgan fingerprint density at radius 1 is 1.21 bits per heavy atom. The summed E-state index contributed by atoms with van der Waals surface area (Å²) in [6, 6.07) is 13.2. The van der Waals surface area contributed by atoms with E-state index >= 15 is 0 Å². The van der Waals surface area contributed by atoms with Crippen LogP contribution in [0.4, 0.5) is 5.69 Å². The summed E-state index contributed by atoms with van der Waals surface area (Å²) >= 11 is 1.20. The van der Waals surface area contributed by atoms with Crippen molar-refractivity contribution in [3.05, 3.63) is 59.2 Å². The molecule has 2 amide bonds. The molecule has 29 heavy (non-hydrogen) atoms. The third-order valence-electron chi connectivity index (χ3n) is 4.12. The molecular weight excluding hydrogens is 388 g/mol. The van der Waals surface area contributed by atoms with Gasteiger partial charge in [0.05, 0.1) is 13.3 Å². The van der Waals surface area contributed by atoms with Crippen LogP contribution in [0.5, 0.6) is 5.75 Å². The Balaban J connectivity index is 1.55. The molecular formula is C21H22N4O3S. The molecule has 0 spiro atoms. The fourth-order valence-corrected chi connectivity index (χ4v) is 3.78. The molecule has 0 saturated carbocycles. The number of benzene rings is 2. The maximum absolute atomic E-state index is 12.3. The summed E-state index contributed by atoms with van der Waals surface area (Å²) in [5, 5.41) is 13.4.